The Morgan fingerprint density at radius 2 is 2.40 bits per heavy atom. The number of halogens is 1. The molecule has 1 amide bonds. The molecule has 1 aliphatic rings. The molecule has 0 radical (unpaired) electrons. The van der Waals surface area contributed by atoms with Crippen LogP contribution in [0.2, 0.25) is 0 Å². The van der Waals surface area contributed by atoms with Crippen molar-refractivity contribution >= 4 is 39.1 Å². The molecule has 2 rings (SSSR count). The smallest absolute Gasteiger partial charge is 0.348 e. The third-order valence-electron chi connectivity index (χ3n) is 3.22. The second-order valence-electron chi connectivity index (χ2n) is 4.62. The molecule has 1 aliphatic heterocycles. The Labute approximate surface area is 130 Å². The van der Waals surface area contributed by atoms with Crippen molar-refractivity contribution in [2.24, 2.45) is 0 Å². The molecular weight excluding hydrogens is 344 g/mol. The maximum Gasteiger partial charge on any atom is 0.348 e. The van der Waals surface area contributed by atoms with Gasteiger partial charge in [-0.1, -0.05) is 0 Å². The van der Waals surface area contributed by atoms with Gasteiger partial charge < -0.3 is 15.4 Å². The summed E-state index contributed by atoms with van der Waals surface area (Å²) >= 11 is 4.71. The van der Waals surface area contributed by atoms with E-state index in [0.29, 0.717) is 11.4 Å². The highest BCUT2D eigenvalue weighted by Crippen LogP contribution is 2.28. The van der Waals surface area contributed by atoms with Crippen LogP contribution in [0.15, 0.2) is 9.85 Å². The van der Waals surface area contributed by atoms with Crippen molar-refractivity contribution < 1.29 is 14.3 Å². The van der Waals surface area contributed by atoms with Gasteiger partial charge in [0.25, 0.3) is 0 Å². The number of esters is 1. The van der Waals surface area contributed by atoms with Crippen LogP contribution in [0.25, 0.3) is 0 Å². The fraction of sp³-hybridized carbons (Fsp3) is 0.538. The van der Waals surface area contributed by atoms with Crippen LogP contribution >= 0.6 is 27.3 Å². The Morgan fingerprint density at radius 1 is 1.60 bits per heavy atom. The minimum Gasteiger partial charge on any atom is -0.465 e. The van der Waals surface area contributed by atoms with Crippen molar-refractivity contribution in [3.63, 3.8) is 0 Å². The fourth-order valence-corrected chi connectivity index (χ4v) is 3.75. The van der Waals surface area contributed by atoms with Crippen LogP contribution in [0.5, 0.6) is 0 Å². The first-order valence-corrected chi connectivity index (χ1v) is 8.10. The van der Waals surface area contributed by atoms with Gasteiger partial charge in [-0.25, -0.2) is 4.79 Å². The molecule has 0 aromatic carbocycles. The van der Waals surface area contributed by atoms with Crippen LogP contribution in [0.4, 0.5) is 0 Å². The average Bonchev–Trinajstić information content (AvgIpc) is 2.68. The third kappa shape index (κ3) is 3.80. The first-order valence-electron chi connectivity index (χ1n) is 6.49. The zero-order chi connectivity index (χ0) is 14.5. The lowest BCUT2D eigenvalue weighted by Gasteiger charge is -2.15. The van der Waals surface area contributed by atoms with Crippen LogP contribution in [0.1, 0.15) is 34.5 Å². The number of thiophene rings is 1. The van der Waals surface area contributed by atoms with E-state index in [0.717, 1.165) is 35.2 Å². The minimum absolute atomic E-state index is 0.0383. The number of hydrogen-bond donors (Lipinski definition) is 2. The van der Waals surface area contributed by atoms with Crippen molar-refractivity contribution in [1.29, 1.82) is 0 Å². The largest absolute Gasteiger partial charge is 0.465 e. The van der Waals surface area contributed by atoms with E-state index >= 15 is 0 Å². The summed E-state index contributed by atoms with van der Waals surface area (Å²) in [5, 5.41) is 6.11. The maximum atomic E-state index is 11.8. The number of hydrogen-bond acceptors (Lipinski definition) is 5. The molecule has 0 spiro atoms. The van der Waals surface area contributed by atoms with Gasteiger partial charge in [0.2, 0.25) is 5.91 Å². The molecule has 5 nitrogen and oxygen atoms in total. The summed E-state index contributed by atoms with van der Waals surface area (Å²) in [6.07, 6.45) is 2.86. The van der Waals surface area contributed by atoms with Crippen molar-refractivity contribution in [3.8, 4) is 0 Å². The first kappa shape index (κ1) is 15.5. The van der Waals surface area contributed by atoms with Crippen molar-refractivity contribution in [3.05, 3.63) is 20.3 Å². The van der Waals surface area contributed by atoms with E-state index in [-0.39, 0.29) is 17.9 Å². The highest BCUT2D eigenvalue weighted by molar-refractivity contribution is 9.11. The molecular formula is C13H17BrN2O3S. The monoisotopic (exact) mass is 360 g/mol. The summed E-state index contributed by atoms with van der Waals surface area (Å²) in [6, 6.07) is 1.69. The molecule has 7 heteroatoms. The Bertz CT molecular complexity index is 504. The summed E-state index contributed by atoms with van der Waals surface area (Å²) in [6.45, 7) is 1.22. The Balaban J connectivity index is 2.03. The SMILES string of the molecule is COC(=O)c1sc(Br)cc1CN[C@H]1CCCCNC1=O. The third-order valence-corrected chi connectivity index (χ3v) is 4.88. The van der Waals surface area contributed by atoms with Gasteiger partial charge in [0.15, 0.2) is 0 Å². The quantitative estimate of drug-likeness (QED) is 0.806. The van der Waals surface area contributed by atoms with Crippen molar-refractivity contribution in [1.82, 2.24) is 10.6 Å². The van der Waals surface area contributed by atoms with Gasteiger partial charge in [-0.15, -0.1) is 11.3 Å². The highest BCUT2D eigenvalue weighted by Gasteiger charge is 2.22. The van der Waals surface area contributed by atoms with Gasteiger partial charge in [-0.2, -0.15) is 0 Å². The summed E-state index contributed by atoms with van der Waals surface area (Å²) in [7, 11) is 1.37. The second kappa shape index (κ2) is 7.19. The summed E-state index contributed by atoms with van der Waals surface area (Å²) in [5.41, 5.74) is 0.853. The number of carbonyl (C=O) groups is 2. The number of amides is 1. The number of rotatable bonds is 4. The van der Waals surface area contributed by atoms with E-state index in [1.165, 1.54) is 18.4 Å². The van der Waals surface area contributed by atoms with Gasteiger partial charge in [0.1, 0.15) is 4.88 Å². The fourth-order valence-electron chi connectivity index (χ4n) is 2.16. The van der Waals surface area contributed by atoms with E-state index in [1.54, 1.807) is 0 Å². The summed E-state index contributed by atoms with van der Waals surface area (Å²) < 4.78 is 5.64. The highest BCUT2D eigenvalue weighted by atomic mass is 79.9. The van der Waals surface area contributed by atoms with Crippen LogP contribution < -0.4 is 10.6 Å². The van der Waals surface area contributed by atoms with E-state index in [9.17, 15) is 9.59 Å². The van der Waals surface area contributed by atoms with Crippen LogP contribution in [-0.2, 0) is 16.1 Å². The van der Waals surface area contributed by atoms with Gasteiger partial charge >= 0.3 is 5.97 Å². The molecule has 1 fully saturated rings. The van der Waals surface area contributed by atoms with Crippen LogP contribution in [0, 0.1) is 0 Å². The molecule has 2 N–H and O–H groups in total. The van der Waals surface area contributed by atoms with E-state index in [4.69, 9.17) is 4.74 Å². The molecule has 0 aliphatic carbocycles. The topological polar surface area (TPSA) is 67.4 Å². The molecule has 0 saturated carbocycles. The normalized spacial score (nSPS) is 19.3. The molecule has 0 bridgehead atoms. The minimum atomic E-state index is -0.345. The van der Waals surface area contributed by atoms with Crippen LogP contribution in [-0.4, -0.2) is 31.6 Å². The number of carbonyl (C=O) groups excluding carboxylic acids is 2. The zero-order valence-corrected chi connectivity index (χ0v) is 13.6. The van der Waals surface area contributed by atoms with E-state index in [2.05, 4.69) is 26.6 Å². The molecule has 1 aromatic rings. The summed E-state index contributed by atoms with van der Waals surface area (Å²) in [5.74, 6) is -0.306. The van der Waals surface area contributed by atoms with Gasteiger partial charge in [0, 0.05) is 13.1 Å². The summed E-state index contributed by atoms with van der Waals surface area (Å²) in [4.78, 5) is 24.1. The lowest BCUT2D eigenvalue weighted by Crippen LogP contribution is -2.42. The van der Waals surface area contributed by atoms with Crippen LogP contribution in [0.3, 0.4) is 0 Å². The number of methoxy groups -OCH3 is 1. The molecule has 0 unspecified atom stereocenters. The van der Waals surface area contributed by atoms with Gasteiger partial charge in [-0.05, 0) is 46.8 Å². The molecule has 20 heavy (non-hydrogen) atoms. The molecule has 110 valence electrons. The number of ether oxygens (including phenoxy) is 1. The Morgan fingerprint density at radius 3 is 3.15 bits per heavy atom. The van der Waals surface area contributed by atoms with E-state index < -0.39 is 0 Å². The maximum absolute atomic E-state index is 11.8. The standard InChI is InChI=1S/C13H17BrN2O3S/c1-19-13(18)11-8(6-10(14)20-11)7-16-9-4-2-3-5-15-12(9)17/h6,9,16H,2-5,7H2,1H3,(H,15,17)/t9-/m0/s1. The Hall–Kier alpha value is -0.920. The first-order chi connectivity index (χ1) is 9.61. The predicted octanol–water partition coefficient (Wildman–Crippen LogP) is 2.06. The predicted molar refractivity (Wildman–Crippen MR) is 80.8 cm³/mol. The zero-order valence-electron chi connectivity index (χ0n) is 11.2. The molecule has 1 atom stereocenters. The van der Waals surface area contributed by atoms with E-state index in [1.807, 2.05) is 6.07 Å². The average molecular weight is 361 g/mol. The number of nitrogens with one attached hydrogen (secondary N) is 2. The van der Waals surface area contributed by atoms with Gasteiger partial charge in [-0.3, -0.25) is 4.79 Å². The lowest BCUT2D eigenvalue weighted by molar-refractivity contribution is -0.122. The second-order valence-corrected chi connectivity index (χ2v) is 7.05. The molecule has 1 saturated heterocycles. The molecule has 1 aromatic heterocycles. The Kier molecular flexibility index (Phi) is 5.56. The van der Waals surface area contributed by atoms with Crippen molar-refractivity contribution in [2.45, 2.75) is 31.8 Å². The van der Waals surface area contributed by atoms with Gasteiger partial charge in [0.05, 0.1) is 16.9 Å². The molecule has 2 heterocycles. The van der Waals surface area contributed by atoms with Crippen molar-refractivity contribution in [2.75, 3.05) is 13.7 Å². The lowest BCUT2D eigenvalue weighted by atomic mass is 10.1.